The lowest BCUT2D eigenvalue weighted by atomic mass is 10.1. The summed E-state index contributed by atoms with van der Waals surface area (Å²) in [7, 11) is 1.34. The van der Waals surface area contributed by atoms with Gasteiger partial charge in [-0.25, -0.2) is 4.39 Å². The van der Waals surface area contributed by atoms with Crippen LogP contribution in [0.1, 0.15) is 11.6 Å². The summed E-state index contributed by atoms with van der Waals surface area (Å²) < 4.78 is 17.9. The highest BCUT2D eigenvalue weighted by Gasteiger charge is 2.13. The molecule has 0 bridgehead atoms. The lowest BCUT2D eigenvalue weighted by Gasteiger charge is -2.12. The summed E-state index contributed by atoms with van der Waals surface area (Å²) in [5, 5.41) is 9.20. The van der Waals surface area contributed by atoms with Gasteiger partial charge in [-0.3, -0.25) is 0 Å². The normalized spacial score (nSPS) is 12.6. The topological polar surface area (TPSA) is 81.5 Å². The standard InChI is InChI=1S/C9H13FN2O2/c1-14-8-3-5(7(12)4-11)2-6(10)9(8)13/h2-3,7,13H,4,11-12H2,1H3/t7-/m1/s1. The van der Waals surface area contributed by atoms with E-state index in [9.17, 15) is 9.50 Å². The van der Waals surface area contributed by atoms with Crippen LogP contribution in [0.3, 0.4) is 0 Å². The summed E-state index contributed by atoms with van der Waals surface area (Å²) in [5.41, 5.74) is 11.4. The number of phenols is 1. The summed E-state index contributed by atoms with van der Waals surface area (Å²) in [6.07, 6.45) is 0. The van der Waals surface area contributed by atoms with Crippen LogP contribution in [0.5, 0.6) is 11.5 Å². The number of phenolic OH excluding ortho intramolecular Hbond substituents is 1. The number of methoxy groups -OCH3 is 1. The van der Waals surface area contributed by atoms with E-state index in [0.29, 0.717) is 5.56 Å². The van der Waals surface area contributed by atoms with Gasteiger partial charge in [-0.05, 0) is 17.7 Å². The monoisotopic (exact) mass is 200 g/mol. The second-order valence-corrected chi connectivity index (χ2v) is 2.90. The number of rotatable bonds is 3. The second-order valence-electron chi connectivity index (χ2n) is 2.90. The van der Waals surface area contributed by atoms with Crippen molar-refractivity contribution in [2.75, 3.05) is 13.7 Å². The fraction of sp³-hybridized carbons (Fsp3) is 0.333. The molecule has 0 saturated carbocycles. The third-order valence-corrected chi connectivity index (χ3v) is 1.95. The molecule has 0 heterocycles. The van der Waals surface area contributed by atoms with Gasteiger partial charge >= 0.3 is 0 Å². The number of hydrogen-bond acceptors (Lipinski definition) is 4. The van der Waals surface area contributed by atoms with E-state index in [-0.39, 0.29) is 12.3 Å². The van der Waals surface area contributed by atoms with E-state index in [0.717, 1.165) is 6.07 Å². The molecule has 0 aliphatic heterocycles. The molecule has 0 fully saturated rings. The Morgan fingerprint density at radius 1 is 1.57 bits per heavy atom. The van der Waals surface area contributed by atoms with Crippen LogP contribution in [-0.2, 0) is 0 Å². The number of halogens is 1. The molecule has 4 nitrogen and oxygen atoms in total. The molecule has 5 N–H and O–H groups in total. The molecule has 1 rings (SSSR count). The van der Waals surface area contributed by atoms with Gasteiger partial charge in [0, 0.05) is 12.6 Å². The van der Waals surface area contributed by atoms with Crippen molar-refractivity contribution in [3.63, 3.8) is 0 Å². The van der Waals surface area contributed by atoms with Crippen LogP contribution >= 0.6 is 0 Å². The van der Waals surface area contributed by atoms with Gasteiger partial charge in [0.1, 0.15) is 0 Å². The molecule has 78 valence electrons. The Balaban J connectivity index is 3.16. The molecule has 0 spiro atoms. The van der Waals surface area contributed by atoms with Gasteiger partial charge in [0.05, 0.1) is 7.11 Å². The van der Waals surface area contributed by atoms with Crippen molar-refractivity contribution in [2.45, 2.75) is 6.04 Å². The molecule has 0 unspecified atom stereocenters. The summed E-state index contributed by atoms with van der Waals surface area (Å²) >= 11 is 0. The third-order valence-electron chi connectivity index (χ3n) is 1.95. The maximum absolute atomic E-state index is 13.1. The zero-order chi connectivity index (χ0) is 10.7. The van der Waals surface area contributed by atoms with Crippen molar-refractivity contribution in [3.05, 3.63) is 23.5 Å². The zero-order valence-corrected chi connectivity index (χ0v) is 7.83. The molecule has 1 aromatic carbocycles. The Morgan fingerprint density at radius 2 is 2.21 bits per heavy atom. The number of ether oxygens (including phenoxy) is 1. The van der Waals surface area contributed by atoms with Crippen LogP contribution < -0.4 is 16.2 Å². The maximum Gasteiger partial charge on any atom is 0.194 e. The minimum Gasteiger partial charge on any atom is -0.502 e. The smallest absolute Gasteiger partial charge is 0.194 e. The van der Waals surface area contributed by atoms with Crippen molar-refractivity contribution in [2.24, 2.45) is 11.5 Å². The molecule has 5 heteroatoms. The van der Waals surface area contributed by atoms with Crippen LogP contribution in [0.2, 0.25) is 0 Å². The first-order chi connectivity index (χ1) is 6.60. The second kappa shape index (κ2) is 4.26. The highest BCUT2D eigenvalue weighted by molar-refractivity contribution is 5.44. The first kappa shape index (κ1) is 10.7. The van der Waals surface area contributed by atoms with E-state index in [2.05, 4.69) is 0 Å². The number of nitrogens with two attached hydrogens (primary N) is 2. The van der Waals surface area contributed by atoms with E-state index in [1.54, 1.807) is 0 Å². The minimum atomic E-state index is -0.761. The Labute approximate surface area is 81.3 Å². The molecule has 1 atom stereocenters. The first-order valence-corrected chi connectivity index (χ1v) is 4.12. The van der Waals surface area contributed by atoms with Crippen molar-refractivity contribution >= 4 is 0 Å². The van der Waals surface area contributed by atoms with Crippen LogP contribution in [0, 0.1) is 5.82 Å². The van der Waals surface area contributed by atoms with Crippen molar-refractivity contribution in [1.82, 2.24) is 0 Å². The van der Waals surface area contributed by atoms with Crippen molar-refractivity contribution in [3.8, 4) is 11.5 Å². The molecule has 0 aliphatic rings. The average Bonchev–Trinajstić information content (AvgIpc) is 2.20. The first-order valence-electron chi connectivity index (χ1n) is 4.12. The van der Waals surface area contributed by atoms with Gasteiger partial charge in [-0.2, -0.15) is 0 Å². The molecule has 0 aliphatic carbocycles. The largest absolute Gasteiger partial charge is 0.502 e. The average molecular weight is 200 g/mol. The Kier molecular flexibility index (Phi) is 3.27. The molecular formula is C9H13FN2O2. The molecule has 14 heavy (non-hydrogen) atoms. The molecule has 0 amide bonds. The van der Waals surface area contributed by atoms with Crippen molar-refractivity contribution in [1.29, 1.82) is 0 Å². The van der Waals surface area contributed by atoms with E-state index in [1.165, 1.54) is 13.2 Å². The molecular weight excluding hydrogens is 187 g/mol. The van der Waals surface area contributed by atoms with E-state index in [4.69, 9.17) is 16.2 Å². The van der Waals surface area contributed by atoms with Crippen LogP contribution in [-0.4, -0.2) is 18.8 Å². The molecule has 1 aromatic rings. The van der Waals surface area contributed by atoms with Gasteiger partial charge < -0.3 is 21.3 Å². The lowest BCUT2D eigenvalue weighted by Crippen LogP contribution is -2.20. The van der Waals surface area contributed by atoms with Gasteiger partial charge in [0.2, 0.25) is 0 Å². The van der Waals surface area contributed by atoms with E-state index < -0.39 is 17.6 Å². The highest BCUT2D eigenvalue weighted by atomic mass is 19.1. The molecule has 0 aromatic heterocycles. The SMILES string of the molecule is COc1cc([C@H](N)CN)cc(F)c1O. The van der Waals surface area contributed by atoms with Crippen LogP contribution in [0.25, 0.3) is 0 Å². The molecule has 0 saturated heterocycles. The zero-order valence-electron chi connectivity index (χ0n) is 7.83. The van der Waals surface area contributed by atoms with Gasteiger partial charge in [-0.15, -0.1) is 0 Å². The fourth-order valence-electron chi connectivity index (χ4n) is 1.10. The van der Waals surface area contributed by atoms with Gasteiger partial charge in [-0.1, -0.05) is 0 Å². The summed E-state index contributed by atoms with van der Waals surface area (Å²) in [4.78, 5) is 0. The van der Waals surface area contributed by atoms with Gasteiger partial charge in [0.15, 0.2) is 17.3 Å². The highest BCUT2D eigenvalue weighted by Crippen LogP contribution is 2.31. The maximum atomic E-state index is 13.1. The number of aromatic hydroxyl groups is 1. The summed E-state index contributed by atoms with van der Waals surface area (Å²) in [5.74, 6) is -1.22. The number of benzene rings is 1. The van der Waals surface area contributed by atoms with Crippen LogP contribution in [0.15, 0.2) is 12.1 Å². The van der Waals surface area contributed by atoms with Gasteiger partial charge in [0.25, 0.3) is 0 Å². The van der Waals surface area contributed by atoms with Crippen LogP contribution in [0.4, 0.5) is 4.39 Å². The fourth-order valence-corrected chi connectivity index (χ4v) is 1.10. The summed E-state index contributed by atoms with van der Waals surface area (Å²) in [6.45, 7) is 0.202. The van der Waals surface area contributed by atoms with Crippen molar-refractivity contribution < 1.29 is 14.2 Å². The van der Waals surface area contributed by atoms with E-state index in [1.807, 2.05) is 0 Å². The predicted molar refractivity (Wildman–Crippen MR) is 50.6 cm³/mol. The quantitative estimate of drug-likeness (QED) is 0.663. The predicted octanol–water partition coefficient (Wildman–Crippen LogP) is 0.498. The third kappa shape index (κ3) is 1.94. The minimum absolute atomic E-state index is 0.0592. The Morgan fingerprint density at radius 3 is 2.71 bits per heavy atom. The summed E-state index contributed by atoms with van der Waals surface area (Å²) in [6, 6.07) is 2.16. The Bertz CT molecular complexity index is 331. The lowest BCUT2D eigenvalue weighted by molar-refractivity contribution is 0.356. The van der Waals surface area contributed by atoms with E-state index >= 15 is 0 Å². The Hall–Kier alpha value is -1.33. The number of hydrogen-bond donors (Lipinski definition) is 3. The molecule has 0 radical (unpaired) electrons.